The number of nitrogens with zero attached hydrogens (tertiary/aromatic N) is 4. The number of hydrogen-bond acceptors (Lipinski definition) is 4. The first-order valence-corrected chi connectivity index (χ1v) is 8.16. The molecule has 128 valence electrons. The van der Waals surface area contributed by atoms with Gasteiger partial charge in [-0.3, -0.25) is 0 Å². The van der Waals surface area contributed by atoms with E-state index < -0.39 is 0 Å². The average molecular weight is 329 g/mol. The first-order chi connectivity index (χ1) is 11.5. The Morgan fingerprint density at radius 1 is 1.46 bits per heavy atom. The maximum atomic E-state index is 12.3. The molecule has 1 N–H and O–H groups in total. The number of rotatable bonds is 5. The van der Waals surface area contributed by atoms with E-state index in [4.69, 9.17) is 4.74 Å². The SMILES string of the molecule is CC(C)n1cnnc1CN(C)C(=O)NCc1ccc2c(c1)CCO2. The standard InChI is InChI=1S/C17H23N5O2/c1-12(2)22-11-19-20-16(22)10-21(3)17(23)18-9-13-4-5-15-14(8-13)6-7-24-15/h4-5,8,11-12H,6-7,9-10H2,1-3H3,(H,18,23). The number of nitrogens with one attached hydrogen (secondary N) is 1. The topological polar surface area (TPSA) is 72.3 Å². The molecule has 1 aromatic carbocycles. The van der Waals surface area contributed by atoms with E-state index in [0.717, 1.165) is 30.2 Å². The van der Waals surface area contributed by atoms with Crippen LogP contribution in [-0.2, 0) is 19.5 Å². The van der Waals surface area contributed by atoms with Crippen LogP contribution in [0.25, 0.3) is 0 Å². The van der Waals surface area contributed by atoms with E-state index in [1.54, 1.807) is 18.3 Å². The highest BCUT2D eigenvalue weighted by molar-refractivity contribution is 5.73. The summed E-state index contributed by atoms with van der Waals surface area (Å²) in [5.41, 5.74) is 2.28. The molecular weight excluding hydrogens is 306 g/mol. The monoisotopic (exact) mass is 329 g/mol. The second-order valence-corrected chi connectivity index (χ2v) is 6.30. The molecule has 1 aliphatic rings. The van der Waals surface area contributed by atoms with Gasteiger partial charge in [0.25, 0.3) is 0 Å². The average Bonchev–Trinajstić information content (AvgIpc) is 3.20. The maximum Gasteiger partial charge on any atom is 0.317 e. The van der Waals surface area contributed by atoms with Gasteiger partial charge in [0.05, 0.1) is 13.2 Å². The van der Waals surface area contributed by atoms with E-state index in [2.05, 4.69) is 35.4 Å². The van der Waals surface area contributed by atoms with Crippen LogP contribution in [0.5, 0.6) is 5.75 Å². The fraction of sp³-hybridized carbons (Fsp3) is 0.471. The molecule has 0 radical (unpaired) electrons. The van der Waals surface area contributed by atoms with E-state index >= 15 is 0 Å². The Balaban J connectivity index is 1.55. The molecule has 24 heavy (non-hydrogen) atoms. The molecule has 2 heterocycles. The molecule has 0 atom stereocenters. The van der Waals surface area contributed by atoms with Gasteiger partial charge >= 0.3 is 6.03 Å². The highest BCUT2D eigenvalue weighted by atomic mass is 16.5. The Hall–Kier alpha value is -2.57. The lowest BCUT2D eigenvalue weighted by atomic mass is 10.1. The van der Waals surface area contributed by atoms with Gasteiger partial charge in [-0.1, -0.05) is 12.1 Å². The van der Waals surface area contributed by atoms with Crippen LogP contribution in [-0.4, -0.2) is 39.4 Å². The van der Waals surface area contributed by atoms with Crippen molar-refractivity contribution in [3.63, 3.8) is 0 Å². The molecule has 7 heteroatoms. The molecule has 0 saturated heterocycles. The molecule has 2 aromatic rings. The van der Waals surface area contributed by atoms with Crippen molar-refractivity contribution in [1.29, 1.82) is 0 Å². The zero-order chi connectivity index (χ0) is 17.1. The van der Waals surface area contributed by atoms with Gasteiger partial charge in [-0.05, 0) is 31.0 Å². The predicted octanol–water partition coefficient (Wildman–Crippen LogP) is 2.14. The fourth-order valence-corrected chi connectivity index (χ4v) is 2.76. The van der Waals surface area contributed by atoms with Crippen molar-refractivity contribution in [2.45, 2.75) is 39.4 Å². The minimum absolute atomic E-state index is 0.134. The van der Waals surface area contributed by atoms with Gasteiger partial charge in [0, 0.05) is 26.1 Å². The molecule has 0 saturated carbocycles. The second-order valence-electron chi connectivity index (χ2n) is 6.30. The van der Waals surface area contributed by atoms with Crippen molar-refractivity contribution in [3.8, 4) is 5.75 Å². The minimum atomic E-state index is -0.134. The van der Waals surface area contributed by atoms with Crippen LogP contribution < -0.4 is 10.1 Å². The number of hydrogen-bond donors (Lipinski definition) is 1. The fourth-order valence-electron chi connectivity index (χ4n) is 2.76. The molecule has 0 fully saturated rings. The van der Waals surface area contributed by atoms with Gasteiger partial charge < -0.3 is 19.5 Å². The number of urea groups is 1. The van der Waals surface area contributed by atoms with Crippen LogP contribution in [0.4, 0.5) is 4.79 Å². The summed E-state index contributed by atoms with van der Waals surface area (Å²) in [5.74, 6) is 1.73. The van der Waals surface area contributed by atoms with E-state index in [-0.39, 0.29) is 12.1 Å². The molecule has 0 bridgehead atoms. The second kappa shape index (κ2) is 6.90. The van der Waals surface area contributed by atoms with Crippen molar-refractivity contribution in [1.82, 2.24) is 25.0 Å². The molecular formula is C17H23N5O2. The van der Waals surface area contributed by atoms with E-state index in [0.29, 0.717) is 13.1 Å². The largest absolute Gasteiger partial charge is 0.493 e. The third-order valence-electron chi connectivity index (χ3n) is 4.13. The Labute approximate surface area is 141 Å². The smallest absolute Gasteiger partial charge is 0.317 e. The third-order valence-corrected chi connectivity index (χ3v) is 4.13. The Kier molecular flexibility index (Phi) is 4.69. The highest BCUT2D eigenvalue weighted by Gasteiger charge is 2.15. The van der Waals surface area contributed by atoms with Gasteiger partial charge in [0.1, 0.15) is 12.1 Å². The van der Waals surface area contributed by atoms with Crippen molar-refractivity contribution >= 4 is 6.03 Å². The van der Waals surface area contributed by atoms with Crippen molar-refractivity contribution < 1.29 is 9.53 Å². The first kappa shape index (κ1) is 16.3. The lowest BCUT2D eigenvalue weighted by Crippen LogP contribution is -2.37. The maximum absolute atomic E-state index is 12.3. The number of benzene rings is 1. The minimum Gasteiger partial charge on any atom is -0.493 e. The number of fused-ring (bicyclic) bond motifs is 1. The zero-order valence-electron chi connectivity index (χ0n) is 14.3. The number of aromatic nitrogens is 3. The van der Waals surface area contributed by atoms with Crippen molar-refractivity contribution in [2.24, 2.45) is 0 Å². The van der Waals surface area contributed by atoms with Crippen LogP contribution in [0, 0.1) is 0 Å². The van der Waals surface area contributed by atoms with Gasteiger partial charge in [0.2, 0.25) is 0 Å². The van der Waals surface area contributed by atoms with Crippen molar-refractivity contribution in [2.75, 3.05) is 13.7 Å². The summed E-state index contributed by atoms with van der Waals surface area (Å²) in [6.07, 6.45) is 2.63. The van der Waals surface area contributed by atoms with Crippen LogP contribution in [0.1, 0.15) is 36.8 Å². The summed E-state index contributed by atoms with van der Waals surface area (Å²) in [5, 5.41) is 11.0. The number of carbonyl (C=O) groups is 1. The number of amides is 2. The van der Waals surface area contributed by atoms with E-state index in [1.165, 1.54) is 5.56 Å². The summed E-state index contributed by atoms with van der Waals surface area (Å²) in [4.78, 5) is 13.9. The van der Waals surface area contributed by atoms with E-state index in [1.807, 2.05) is 16.7 Å². The molecule has 0 unspecified atom stereocenters. The lowest BCUT2D eigenvalue weighted by molar-refractivity contribution is 0.204. The normalized spacial score (nSPS) is 12.8. The Morgan fingerprint density at radius 2 is 2.29 bits per heavy atom. The Bertz CT molecular complexity index is 726. The molecule has 1 aliphatic heterocycles. The Morgan fingerprint density at radius 3 is 3.08 bits per heavy atom. The van der Waals surface area contributed by atoms with Gasteiger partial charge in [-0.15, -0.1) is 10.2 Å². The quantitative estimate of drug-likeness (QED) is 0.912. The summed E-state index contributed by atoms with van der Waals surface area (Å²) in [6, 6.07) is 6.18. The lowest BCUT2D eigenvalue weighted by Gasteiger charge is -2.19. The van der Waals surface area contributed by atoms with Gasteiger partial charge in [-0.2, -0.15) is 0 Å². The van der Waals surface area contributed by atoms with Crippen LogP contribution in [0.3, 0.4) is 0 Å². The van der Waals surface area contributed by atoms with Crippen LogP contribution >= 0.6 is 0 Å². The molecule has 0 aliphatic carbocycles. The summed E-state index contributed by atoms with van der Waals surface area (Å²) in [7, 11) is 1.76. The molecule has 2 amide bonds. The number of carbonyl (C=O) groups excluding carboxylic acids is 1. The summed E-state index contributed by atoms with van der Waals surface area (Å²) < 4.78 is 7.46. The molecule has 0 spiro atoms. The van der Waals surface area contributed by atoms with Crippen LogP contribution in [0.15, 0.2) is 24.5 Å². The predicted molar refractivity (Wildman–Crippen MR) is 89.8 cm³/mol. The highest BCUT2D eigenvalue weighted by Crippen LogP contribution is 2.25. The van der Waals surface area contributed by atoms with E-state index in [9.17, 15) is 4.79 Å². The number of ether oxygens (including phenoxy) is 1. The van der Waals surface area contributed by atoms with Crippen molar-refractivity contribution in [3.05, 3.63) is 41.5 Å². The zero-order valence-corrected chi connectivity index (χ0v) is 14.3. The third kappa shape index (κ3) is 3.50. The first-order valence-electron chi connectivity index (χ1n) is 8.16. The van der Waals surface area contributed by atoms with Gasteiger partial charge in [-0.25, -0.2) is 4.79 Å². The molecule has 3 rings (SSSR count). The summed E-state index contributed by atoms with van der Waals surface area (Å²) in [6.45, 7) is 5.77. The molecule has 7 nitrogen and oxygen atoms in total. The van der Waals surface area contributed by atoms with Gasteiger partial charge in [0.15, 0.2) is 5.82 Å². The van der Waals surface area contributed by atoms with Crippen LogP contribution in [0.2, 0.25) is 0 Å². The summed E-state index contributed by atoms with van der Waals surface area (Å²) >= 11 is 0. The molecule has 1 aromatic heterocycles.